The van der Waals surface area contributed by atoms with E-state index in [0.717, 1.165) is 35.1 Å². The van der Waals surface area contributed by atoms with Gasteiger partial charge >= 0.3 is 0 Å². The normalized spacial score (nSPS) is 17.4. The van der Waals surface area contributed by atoms with Gasteiger partial charge in [0.1, 0.15) is 17.7 Å². The number of nitrogens with one attached hydrogen (secondary N) is 1. The average molecular weight is 544 g/mol. The van der Waals surface area contributed by atoms with Crippen LogP contribution in [0.4, 0.5) is 10.2 Å². The molecule has 3 aromatic heterocycles. The van der Waals surface area contributed by atoms with Crippen molar-refractivity contribution in [2.24, 2.45) is 0 Å². The van der Waals surface area contributed by atoms with Crippen LogP contribution in [0.25, 0.3) is 0 Å². The van der Waals surface area contributed by atoms with Crippen LogP contribution in [0.3, 0.4) is 0 Å². The van der Waals surface area contributed by atoms with E-state index in [9.17, 15) is 17.6 Å². The first-order valence-corrected chi connectivity index (χ1v) is 14.4. The molecule has 1 atom stereocenters. The molecule has 2 aliphatic rings. The summed E-state index contributed by atoms with van der Waals surface area (Å²) in [7, 11) is -3.51. The highest BCUT2D eigenvalue weighted by atomic mass is 35.5. The molecule has 0 saturated carbocycles. The fourth-order valence-corrected chi connectivity index (χ4v) is 6.63. The predicted octanol–water partition coefficient (Wildman–Crippen LogP) is 3.16. The van der Waals surface area contributed by atoms with Crippen molar-refractivity contribution in [1.29, 1.82) is 0 Å². The van der Waals surface area contributed by atoms with Crippen molar-refractivity contribution in [2.75, 3.05) is 29.9 Å². The number of pyridine rings is 1. The monoisotopic (exact) mass is 543 g/mol. The fourth-order valence-electron chi connectivity index (χ4n) is 4.07. The number of carbonyl (C=O) groups excluding carboxylic acids is 1. The van der Waals surface area contributed by atoms with E-state index in [-0.39, 0.29) is 35.1 Å². The van der Waals surface area contributed by atoms with Crippen molar-refractivity contribution < 1.29 is 22.3 Å². The SMILES string of the molecule is CS(=O)(=O)Nc1ccc(OCC(=O)N2CCc3nc4n(c3C2c2sccc2F)CCS4)c(Cl)n1. The highest BCUT2D eigenvalue weighted by molar-refractivity contribution is 7.99. The third-order valence-corrected chi connectivity index (χ3v) is 8.17. The molecule has 1 unspecified atom stereocenters. The van der Waals surface area contributed by atoms with Crippen molar-refractivity contribution in [1.82, 2.24) is 19.4 Å². The number of ether oxygens (including phenoxy) is 1. The van der Waals surface area contributed by atoms with Gasteiger partial charge in [0.2, 0.25) is 10.0 Å². The van der Waals surface area contributed by atoms with Crippen molar-refractivity contribution in [2.45, 2.75) is 24.2 Å². The number of amides is 1. The van der Waals surface area contributed by atoms with Gasteiger partial charge in [-0.05, 0) is 23.6 Å². The number of thiophene rings is 1. The summed E-state index contributed by atoms with van der Waals surface area (Å²) in [5, 5.41) is 2.48. The molecule has 3 aromatic rings. The molecule has 0 saturated heterocycles. The topological polar surface area (TPSA) is 106 Å². The molecular weight excluding hydrogens is 525 g/mol. The lowest BCUT2D eigenvalue weighted by atomic mass is 10.0. The Labute approximate surface area is 208 Å². The maximum atomic E-state index is 14.7. The first-order valence-electron chi connectivity index (χ1n) is 10.2. The summed E-state index contributed by atoms with van der Waals surface area (Å²) in [6.45, 7) is 0.801. The van der Waals surface area contributed by atoms with Crippen LogP contribution in [-0.2, 0) is 27.8 Å². The van der Waals surface area contributed by atoms with Crippen LogP contribution in [-0.4, -0.2) is 58.9 Å². The van der Waals surface area contributed by atoms with Crippen LogP contribution < -0.4 is 9.46 Å². The minimum atomic E-state index is -3.51. The number of hydrogen-bond donors (Lipinski definition) is 1. The Morgan fingerprint density at radius 2 is 2.15 bits per heavy atom. The highest BCUT2D eigenvalue weighted by Crippen LogP contribution is 2.42. The van der Waals surface area contributed by atoms with Crippen LogP contribution in [0.1, 0.15) is 22.3 Å². The van der Waals surface area contributed by atoms with Crippen molar-refractivity contribution in [3.63, 3.8) is 0 Å². The van der Waals surface area contributed by atoms with E-state index < -0.39 is 16.1 Å². The number of hydrogen-bond acceptors (Lipinski definition) is 8. The maximum absolute atomic E-state index is 14.7. The Morgan fingerprint density at radius 1 is 1.32 bits per heavy atom. The molecule has 5 rings (SSSR count). The molecule has 1 N–H and O–H groups in total. The molecule has 0 spiro atoms. The first kappa shape index (κ1) is 23.4. The van der Waals surface area contributed by atoms with Crippen LogP contribution in [0.2, 0.25) is 5.15 Å². The Bertz CT molecular complexity index is 1380. The van der Waals surface area contributed by atoms with Gasteiger partial charge in [-0.15, -0.1) is 11.3 Å². The number of carbonyl (C=O) groups is 1. The predicted molar refractivity (Wildman–Crippen MR) is 128 cm³/mol. The Balaban J connectivity index is 1.38. The number of thioether (sulfide) groups is 1. The lowest BCUT2D eigenvalue weighted by molar-refractivity contribution is -0.135. The van der Waals surface area contributed by atoms with E-state index in [4.69, 9.17) is 21.3 Å². The molecule has 1 amide bonds. The Morgan fingerprint density at radius 3 is 2.85 bits per heavy atom. The largest absolute Gasteiger partial charge is 0.481 e. The zero-order chi connectivity index (χ0) is 24.0. The van der Waals surface area contributed by atoms with Gasteiger partial charge in [-0.1, -0.05) is 23.4 Å². The minimum absolute atomic E-state index is 0.0374. The molecule has 2 aliphatic heterocycles. The molecule has 0 radical (unpaired) electrons. The van der Waals surface area contributed by atoms with Gasteiger partial charge in [0.15, 0.2) is 22.7 Å². The summed E-state index contributed by atoms with van der Waals surface area (Å²) >= 11 is 9.04. The summed E-state index contributed by atoms with van der Waals surface area (Å²) < 4.78 is 47.4. The van der Waals surface area contributed by atoms with Crippen LogP contribution >= 0.6 is 34.7 Å². The van der Waals surface area contributed by atoms with E-state index >= 15 is 0 Å². The third-order valence-electron chi connectivity index (χ3n) is 5.42. The minimum Gasteiger partial charge on any atom is -0.481 e. The van der Waals surface area contributed by atoms with Crippen LogP contribution in [0, 0.1) is 5.82 Å². The second kappa shape index (κ2) is 9.02. The third kappa shape index (κ3) is 4.49. The fraction of sp³-hybridized carbons (Fsp3) is 0.350. The smallest absolute Gasteiger partial charge is 0.261 e. The summed E-state index contributed by atoms with van der Waals surface area (Å²) in [5.74, 6) is 0.368. The quantitative estimate of drug-likeness (QED) is 0.476. The van der Waals surface area contributed by atoms with Gasteiger partial charge in [0.05, 0.1) is 22.5 Å². The lowest BCUT2D eigenvalue weighted by Gasteiger charge is -2.35. The molecule has 0 aliphatic carbocycles. The van der Waals surface area contributed by atoms with Crippen molar-refractivity contribution >= 4 is 56.4 Å². The van der Waals surface area contributed by atoms with Gasteiger partial charge in [-0.25, -0.2) is 22.8 Å². The van der Waals surface area contributed by atoms with Crippen LogP contribution in [0.15, 0.2) is 28.7 Å². The average Bonchev–Trinajstić information content (AvgIpc) is 3.47. The Hall–Kier alpha value is -2.35. The molecule has 0 fully saturated rings. The first-order chi connectivity index (χ1) is 16.2. The van der Waals surface area contributed by atoms with E-state index in [2.05, 4.69) is 14.3 Å². The van der Waals surface area contributed by atoms with Gasteiger partial charge < -0.3 is 14.2 Å². The van der Waals surface area contributed by atoms with Gasteiger partial charge in [0.25, 0.3) is 5.91 Å². The second-order valence-corrected chi connectivity index (χ2v) is 11.9. The molecule has 0 bridgehead atoms. The molecule has 5 heterocycles. The molecular formula is C20H19ClFN5O4S3. The molecule has 0 aromatic carbocycles. The molecule has 9 nitrogen and oxygen atoms in total. The lowest BCUT2D eigenvalue weighted by Crippen LogP contribution is -2.43. The van der Waals surface area contributed by atoms with E-state index in [1.165, 1.54) is 29.5 Å². The summed E-state index contributed by atoms with van der Waals surface area (Å²) in [4.78, 5) is 24.0. The van der Waals surface area contributed by atoms with Crippen molar-refractivity contribution in [3.8, 4) is 5.75 Å². The second-order valence-electron chi connectivity index (χ2n) is 7.75. The number of aromatic nitrogens is 3. The number of anilines is 1. The molecule has 14 heteroatoms. The number of nitrogens with zero attached hydrogens (tertiary/aromatic N) is 4. The van der Waals surface area contributed by atoms with Gasteiger partial charge in [-0.3, -0.25) is 9.52 Å². The van der Waals surface area contributed by atoms with Gasteiger partial charge in [-0.2, -0.15) is 0 Å². The number of rotatable bonds is 6. The zero-order valence-corrected chi connectivity index (χ0v) is 21.0. The zero-order valence-electron chi connectivity index (χ0n) is 17.8. The molecule has 34 heavy (non-hydrogen) atoms. The van der Waals surface area contributed by atoms with Crippen molar-refractivity contribution in [3.05, 3.63) is 50.8 Å². The van der Waals surface area contributed by atoms with E-state index in [1.807, 2.05) is 0 Å². The number of fused-ring (bicyclic) bond motifs is 3. The van der Waals surface area contributed by atoms with E-state index in [0.29, 0.717) is 17.8 Å². The summed E-state index contributed by atoms with van der Waals surface area (Å²) in [6, 6.07) is 3.63. The number of halogens is 2. The number of sulfonamides is 1. The van der Waals surface area contributed by atoms with Crippen LogP contribution in [0.5, 0.6) is 5.75 Å². The maximum Gasteiger partial charge on any atom is 0.261 e. The molecule has 180 valence electrons. The van der Waals surface area contributed by atoms with E-state index in [1.54, 1.807) is 22.0 Å². The van der Waals surface area contributed by atoms with Gasteiger partial charge in [0, 0.05) is 25.3 Å². The standard InChI is InChI=1S/C20H19ClFN5O4S3/c1-34(29,30)25-14-3-2-13(19(21)24-14)31-10-15(28)26-6-4-12-16(27-7-9-33-20(27)23-12)17(26)18-11(22)5-8-32-18/h2-3,5,8,17H,4,6-7,9-10H2,1H3,(H,24,25). The number of imidazole rings is 1. The summed E-state index contributed by atoms with van der Waals surface area (Å²) in [5.41, 5.74) is 1.75. The summed E-state index contributed by atoms with van der Waals surface area (Å²) in [6.07, 6.45) is 1.57. The highest BCUT2D eigenvalue weighted by Gasteiger charge is 2.39. The Kier molecular flexibility index (Phi) is 6.21.